The lowest BCUT2D eigenvalue weighted by Crippen LogP contribution is -2.16. The quantitative estimate of drug-likeness (QED) is 0.279. The zero-order valence-corrected chi connectivity index (χ0v) is 15.2. The summed E-state index contributed by atoms with van der Waals surface area (Å²) in [5.74, 6) is 3.23. The highest BCUT2D eigenvalue weighted by Gasteiger charge is 2.07. The molecule has 0 aromatic carbocycles. The Morgan fingerprint density at radius 3 is 2.11 bits per heavy atom. The van der Waals surface area contributed by atoms with Gasteiger partial charge in [-0.2, -0.15) is 0 Å². The highest BCUT2D eigenvalue weighted by atomic mass is 79.9. The fourth-order valence-electron chi connectivity index (χ4n) is 1.63. The fraction of sp³-hybridized carbons (Fsp3) is 0.750. The van der Waals surface area contributed by atoms with E-state index in [1.165, 1.54) is 44.9 Å². The van der Waals surface area contributed by atoms with E-state index in [1.807, 2.05) is 0 Å². The van der Waals surface area contributed by atoms with Crippen molar-refractivity contribution < 1.29 is 0 Å². The molecule has 104 valence electrons. The molecular formula is C16H29BrSi. The van der Waals surface area contributed by atoms with Crippen LogP contribution in [0.2, 0.25) is 19.6 Å². The molecule has 2 heteroatoms. The number of rotatable bonds is 8. The average molecular weight is 329 g/mol. The van der Waals surface area contributed by atoms with Crippen molar-refractivity contribution in [2.45, 2.75) is 77.9 Å². The zero-order valence-electron chi connectivity index (χ0n) is 12.6. The average Bonchev–Trinajstić information content (AvgIpc) is 2.29. The van der Waals surface area contributed by atoms with Crippen molar-refractivity contribution in [3.63, 3.8) is 0 Å². The largest absolute Gasteiger partial charge is 0.129 e. The van der Waals surface area contributed by atoms with Crippen LogP contribution >= 0.6 is 15.9 Å². The summed E-state index contributed by atoms with van der Waals surface area (Å²) >= 11 is 3.54. The van der Waals surface area contributed by atoms with Gasteiger partial charge in [-0.3, -0.25) is 0 Å². The Balaban J connectivity index is 3.60. The monoisotopic (exact) mass is 328 g/mol. The van der Waals surface area contributed by atoms with E-state index in [-0.39, 0.29) is 0 Å². The second-order valence-electron chi connectivity index (χ2n) is 5.96. The van der Waals surface area contributed by atoms with Gasteiger partial charge in [-0.05, 0) is 28.8 Å². The van der Waals surface area contributed by atoms with Gasteiger partial charge in [0.05, 0.1) is 4.48 Å². The summed E-state index contributed by atoms with van der Waals surface area (Å²) in [6, 6.07) is 0. The van der Waals surface area contributed by atoms with Crippen LogP contribution < -0.4 is 0 Å². The van der Waals surface area contributed by atoms with E-state index in [1.54, 1.807) is 0 Å². The van der Waals surface area contributed by atoms with Crippen LogP contribution in [-0.2, 0) is 0 Å². The number of halogens is 1. The summed E-state index contributed by atoms with van der Waals surface area (Å²) in [4.78, 5) is 0. The van der Waals surface area contributed by atoms with Gasteiger partial charge in [-0.1, -0.05) is 77.1 Å². The molecule has 0 aliphatic rings. The van der Waals surface area contributed by atoms with Crippen molar-refractivity contribution in [1.29, 1.82) is 0 Å². The Bertz CT molecular complexity index is 288. The first-order chi connectivity index (χ1) is 8.45. The molecule has 0 radical (unpaired) electrons. The maximum atomic E-state index is 3.54. The van der Waals surface area contributed by atoms with Crippen LogP contribution in [0.15, 0.2) is 10.6 Å². The molecule has 0 N–H and O–H groups in total. The molecule has 0 saturated heterocycles. The fourth-order valence-corrected chi connectivity index (χ4v) is 2.65. The lowest BCUT2D eigenvalue weighted by molar-refractivity contribution is 0.592. The van der Waals surface area contributed by atoms with Gasteiger partial charge in [0.15, 0.2) is 0 Å². The van der Waals surface area contributed by atoms with Gasteiger partial charge >= 0.3 is 0 Å². The summed E-state index contributed by atoms with van der Waals surface area (Å²) in [5.41, 5.74) is 3.37. The summed E-state index contributed by atoms with van der Waals surface area (Å²) in [7, 11) is -1.23. The van der Waals surface area contributed by atoms with Crippen LogP contribution in [0.5, 0.6) is 0 Å². The topological polar surface area (TPSA) is 0 Å². The standard InChI is InChI=1S/C16H29BrSi/c1-5-6-7-8-9-10-11-12-13-16(17)14-15-18(2,3)4/h13H,5-12H2,1-4H3/b16-13-. The third-order valence-corrected chi connectivity index (χ3v) is 4.09. The minimum atomic E-state index is -1.23. The number of hydrogen-bond acceptors (Lipinski definition) is 0. The number of unbranched alkanes of at least 4 members (excludes halogenated alkanes) is 7. The first-order valence-electron chi connectivity index (χ1n) is 7.34. The van der Waals surface area contributed by atoms with E-state index >= 15 is 0 Å². The minimum Gasteiger partial charge on any atom is -0.126 e. The molecule has 0 amide bonds. The number of allylic oxidation sites excluding steroid dienone is 2. The Hall–Kier alpha value is -0.00312. The van der Waals surface area contributed by atoms with E-state index in [9.17, 15) is 0 Å². The molecule has 0 heterocycles. The first-order valence-corrected chi connectivity index (χ1v) is 11.6. The van der Waals surface area contributed by atoms with Gasteiger partial charge in [0.25, 0.3) is 0 Å². The SMILES string of the molecule is CCCCCCCCC/C=C(\Br)C#C[Si](C)(C)C. The van der Waals surface area contributed by atoms with E-state index in [4.69, 9.17) is 0 Å². The minimum absolute atomic E-state index is 1.08. The molecular weight excluding hydrogens is 300 g/mol. The molecule has 0 aliphatic carbocycles. The normalized spacial score (nSPS) is 12.2. The van der Waals surface area contributed by atoms with Crippen LogP contribution in [0.3, 0.4) is 0 Å². The van der Waals surface area contributed by atoms with E-state index in [0.29, 0.717) is 0 Å². The molecule has 0 saturated carbocycles. The van der Waals surface area contributed by atoms with Crippen molar-refractivity contribution in [3.05, 3.63) is 10.6 Å². The zero-order chi connectivity index (χ0) is 13.9. The Morgan fingerprint density at radius 2 is 1.56 bits per heavy atom. The Morgan fingerprint density at radius 1 is 1.00 bits per heavy atom. The molecule has 0 unspecified atom stereocenters. The summed E-state index contributed by atoms with van der Waals surface area (Å²) in [5, 5.41) is 0. The number of hydrogen-bond donors (Lipinski definition) is 0. The molecule has 0 rings (SSSR count). The molecule has 0 aromatic rings. The maximum Gasteiger partial charge on any atom is 0.129 e. The van der Waals surface area contributed by atoms with Gasteiger partial charge in [-0.25, -0.2) is 0 Å². The third-order valence-electron chi connectivity index (χ3n) is 2.69. The highest BCUT2D eigenvalue weighted by Crippen LogP contribution is 2.11. The van der Waals surface area contributed by atoms with Gasteiger partial charge in [0, 0.05) is 0 Å². The molecule has 0 bridgehead atoms. The summed E-state index contributed by atoms with van der Waals surface area (Å²) < 4.78 is 1.08. The smallest absolute Gasteiger partial charge is 0.126 e. The molecule has 0 fully saturated rings. The highest BCUT2D eigenvalue weighted by molar-refractivity contribution is 9.12. The molecule has 0 spiro atoms. The van der Waals surface area contributed by atoms with Gasteiger partial charge < -0.3 is 0 Å². The van der Waals surface area contributed by atoms with Crippen molar-refractivity contribution >= 4 is 24.0 Å². The summed E-state index contributed by atoms with van der Waals surface area (Å²) in [6.45, 7) is 9.09. The molecule has 0 atom stereocenters. The molecule has 18 heavy (non-hydrogen) atoms. The van der Waals surface area contributed by atoms with Crippen LogP contribution in [0.25, 0.3) is 0 Å². The Labute approximate surface area is 124 Å². The Kier molecular flexibility index (Phi) is 10.9. The lowest BCUT2D eigenvalue weighted by atomic mass is 10.1. The van der Waals surface area contributed by atoms with E-state index in [2.05, 4.69) is 60.0 Å². The molecule has 0 nitrogen and oxygen atoms in total. The third kappa shape index (κ3) is 14.1. The van der Waals surface area contributed by atoms with Crippen LogP contribution in [0.4, 0.5) is 0 Å². The van der Waals surface area contributed by atoms with Crippen molar-refractivity contribution in [1.82, 2.24) is 0 Å². The van der Waals surface area contributed by atoms with Gasteiger partial charge in [-0.15, -0.1) is 5.54 Å². The van der Waals surface area contributed by atoms with Crippen molar-refractivity contribution in [2.75, 3.05) is 0 Å². The van der Waals surface area contributed by atoms with Crippen LogP contribution in [-0.4, -0.2) is 8.07 Å². The van der Waals surface area contributed by atoms with E-state index in [0.717, 1.165) is 10.9 Å². The first kappa shape index (κ1) is 18.0. The van der Waals surface area contributed by atoms with Gasteiger partial charge in [0.1, 0.15) is 8.07 Å². The second kappa shape index (κ2) is 10.9. The maximum absolute atomic E-state index is 3.54. The van der Waals surface area contributed by atoms with Gasteiger partial charge in [0.2, 0.25) is 0 Å². The predicted molar refractivity (Wildman–Crippen MR) is 90.7 cm³/mol. The van der Waals surface area contributed by atoms with Crippen LogP contribution in [0, 0.1) is 11.5 Å². The predicted octanol–water partition coefficient (Wildman–Crippen LogP) is 6.29. The lowest BCUT2D eigenvalue weighted by Gasteiger charge is -2.03. The molecule has 0 aromatic heterocycles. The van der Waals surface area contributed by atoms with E-state index < -0.39 is 8.07 Å². The molecule has 0 aliphatic heterocycles. The summed E-state index contributed by atoms with van der Waals surface area (Å²) in [6.07, 6.45) is 13.0. The van der Waals surface area contributed by atoms with Crippen molar-refractivity contribution in [3.8, 4) is 11.5 Å². The second-order valence-corrected chi connectivity index (χ2v) is 11.6. The van der Waals surface area contributed by atoms with Crippen LogP contribution in [0.1, 0.15) is 58.3 Å². The van der Waals surface area contributed by atoms with Crippen molar-refractivity contribution in [2.24, 2.45) is 0 Å².